The average Bonchev–Trinajstić information content (AvgIpc) is 2.29. The van der Waals surface area contributed by atoms with Gasteiger partial charge in [-0.1, -0.05) is 25.6 Å². The summed E-state index contributed by atoms with van der Waals surface area (Å²) in [6, 6.07) is 8.67. The third kappa shape index (κ3) is 3.63. The van der Waals surface area contributed by atoms with Crippen molar-refractivity contribution in [3.05, 3.63) is 42.0 Å². The monoisotopic (exact) mass is 221 g/mol. The minimum Gasteiger partial charge on any atom is -0.371 e. The van der Waals surface area contributed by atoms with Gasteiger partial charge in [0, 0.05) is 25.0 Å². The van der Waals surface area contributed by atoms with Gasteiger partial charge in [0.05, 0.1) is 0 Å². The van der Waals surface area contributed by atoms with Crippen molar-refractivity contribution in [2.45, 2.75) is 13.3 Å². The second-order valence-corrected chi connectivity index (χ2v) is 4.10. The highest BCUT2D eigenvalue weighted by Crippen LogP contribution is 2.15. The van der Waals surface area contributed by atoms with E-state index in [9.17, 15) is 0 Å². The lowest BCUT2D eigenvalue weighted by Gasteiger charge is -2.20. The standard InChI is InChI=1S/C13H19NS/c1-4-12-5-7-13(8-6-12)14(3)9-11(2)10-15/h5-8,15H,2,4,9-10H2,1,3H3. The summed E-state index contributed by atoms with van der Waals surface area (Å²) in [4.78, 5) is 2.19. The van der Waals surface area contributed by atoms with E-state index < -0.39 is 0 Å². The molecule has 0 spiro atoms. The molecule has 1 rings (SSSR count). The third-order valence-corrected chi connectivity index (χ3v) is 2.92. The molecule has 0 aliphatic rings. The number of nitrogens with zero attached hydrogens (tertiary/aromatic N) is 1. The molecule has 0 aliphatic heterocycles. The maximum atomic E-state index is 4.21. The van der Waals surface area contributed by atoms with E-state index >= 15 is 0 Å². The first-order valence-corrected chi connectivity index (χ1v) is 5.88. The number of rotatable bonds is 5. The van der Waals surface area contributed by atoms with Gasteiger partial charge in [-0.05, 0) is 29.7 Å². The minimum absolute atomic E-state index is 0.747. The molecule has 0 saturated carbocycles. The second kappa shape index (κ2) is 5.86. The summed E-state index contributed by atoms with van der Waals surface area (Å²) in [5, 5.41) is 0. The van der Waals surface area contributed by atoms with Gasteiger partial charge in [0.15, 0.2) is 0 Å². The second-order valence-electron chi connectivity index (χ2n) is 3.78. The van der Waals surface area contributed by atoms with Gasteiger partial charge in [-0.15, -0.1) is 0 Å². The maximum Gasteiger partial charge on any atom is 0.0391 e. The summed E-state index contributed by atoms with van der Waals surface area (Å²) < 4.78 is 0. The third-order valence-electron chi connectivity index (χ3n) is 2.47. The average molecular weight is 221 g/mol. The molecule has 2 heteroatoms. The smallest absolute Gasteiger partial charge is 0.0391 e. The lowest BCUT2D eigenvalue weighted by atomic mass is 10.1. The zero-order valence-corrected chi connectivity index (χ0v) is 10.4. The molecule has 1 aromatic carbocycles. The quantitative estimate of drug-likeness (QED) is 0.590. The highest BCUT2D eigenvalue weighted by atomic mass is 32.1. The molecule has 0 atom stereocenters. The first kappa shape index (κ1) is 12.2. The summed E-state index contributed by atoms with van der Waals surface area (Å²) in [5.74, 6) is 0.747. The fraction of sp³-hybridized carbons (Fsp3) is 0.385. The largest absolute Gasteiger partial charge is 0.371 e. The SMILES string of the molecule is C=C(CS)CN(C)c1ccc(CC)cc1. The van der Waals surface area contributed by atoms with Crippen LogP contribution in [0, 0.1) is 0 Å². The Balaban J connectivity index is 2.65. The van der Waals surface area contributed by atoms with E-state index in [2.05, 4.69) is 62.3 Å². The van der Waals surface area contributed by atoms with Gasteiger partial charge >= 0.3 is 0 Å². The molecule has 0 saturated heterocycles. The Morgan fingerprint density at radius 1 is 1.33 bits per heavy atom. The number of benzene rings is 1. The van der Waals surface area contributed by atoms with E-state index in [-0.39, 0.29) is 0 Å². The lowest BCUT2D eigenvalue weighted by Crippen LogP contribution is -2.20. The van der Waals surface area contributed by atoms with Crippen LogP contribution in [0.3, 0.4) is 0 Å². The minimum atomic E-state index is 0.747. The van der Waals surface area contributed by atoms with E-state index in [4.69, 9.17) is 0 Å². The fourth-order valence-corrected chi connectivity index (χ4v) is 1.56. The van der Waals surface area contributed by atoms with Gasteiger partial charge < -0.3 is 4.90 Å². The van der Waals surface area contributed by atoms with E-state index in [1.165, 1.54) is 11.3 Å². The number of anilines is 1. The van der Waals surface area contributed by atoms with Gasteiger partial charge in [0.2, 0.25) is 0 Å². The molecular weight excluding hydrogens is 202 g/mol. The highest BCUT2D eigenvalue weighted by Gasteiger charge is 2.01. The van der Waals surface area contributed by atoms with Crippen LogP contribution in [0.4, 0.5) is 5.69 Å². The molecule has 0 unspecified atom stereocenters. The number of thiol groups is 1. The van der Waals surface area contributed by atoms with E-state index in [0.717, 1.165) is 24.3 Å². The number of hydrogen-bond donors (Lipinski definition) is 1. The van der Waals surface area contributed by atoms with Gasteiger partial charge in [-0.2, -0.15) is 12.6 Å². The Morgan fingerprint density at radius 2 is 1.93 bits per heavy atom. The predicted octanol–water partition coefficient (Wildman–Crippen LogP) is 3.17. The van der Waals surface area contributed by atoms with Crippen LogP contribution in [-0.2, 0) is 6.42 Å². The molecule has 0 bridgehead atoms. The van der Waals surface area contributed by atoms with Gasteiger partial charge in [0.25, 0.3) is 0 Å². The normalized spacial score (nSPS) is 10.1. The molecule has 15 heavy (non-hydrogen) atoms. The van der Waals surface area contributed by atoms with Crippen molar-refractivity contribution < 1.29 is 0 Å². The van der Waals surface area contributed by atoms with Crippen LogP contribution in [0.15, 0.2) is 36.4 Å². The van der Waals surface area contributed by atoms with Crippen molar-refractivity contribution in [1.82, 2.24) is 0 Å². The molecule has 1 aromatic rings. The Bertz CT molecular complexity index is 316. The van der Waals surface area contributed by atoms with Crippen LogP contribution in [0.5, 0.6) is 0 Å². The zero-order valence-electron chi connectivity index (χ0n) is 9.53. The Kier molecular flexibility index (Phi) is 4.76. The first-order valence-electron chi connectivity index (χ1n) is 5.25. The van der Waals surface area contributed by atoms with Crippen LogP contribution in [0.1, 0.15) is 12.5 Å². The number of hydrogen-bond acceptors (Lipinski definition) is 2. The van der Waals surface area contributed by atoms with Crippen molar-refractivity contribution in [3.8, 4) is 0 Å². The summed E-state index contributed by atoms with van der Waals surface area (Å²) in [6.07, 6.45) is 1.09. The molecule has 1 nitrogen and oxygen atoms in total. The fourth-order valence-electron chi connectivity index (χ4n) is 1.46. The Labute approximate surface area is 98.2 Å². The predicted molar refractivity (Wildman–Crippen MR) is 72.1 cm³/mol. The highest BCUT2D eigenvalue weighted by molar-refractivity contribution is 7.80. The van der Waals surface area contributed by atoms with Crippen LogP contribution in [0.25, 0.3) is 0 Å². The van der Waals surface area contributed by atoms with E-state index in [1.807, 2.05) is 0 Å². The Morgan fingerprint density at radius 3 is 2.40 bits per heavy atom. The van der Waals surface area contributed by atoms with Gasteiger partial charge in [0.1, 0.15) is 0 Å². The molecule has 0 aliphatic carbocycles. The van der Waals surface area contributed by atoms with Crippen molar-refractivity contribution in [2.24, 2.45) is 0 Å². The summed E-state index contributed by atoms with van der Waals surface area (Å²) >= 11 is 4.21. The lowest BCUT2D eigenvalue weighted by molar-refractivity contribution is 0.987. The molecule has 0 amide bonds. The summed E-state index contributed by atoms with van der Waals surface area (Å²) in [5.41, 5.74) is 3.75. The van der Waals surface area contributed by atoms with Crippen LogP contribution in [-0.4, -0.2) is 19.3 Å². The zero-order chi connectivity index (χ0) is 11.3. The topological polar surface area (TPSA) is 3.24 Å². The number of aryl methyl sites for hydroxylation is 1. The Hall–Kier alpha value is -0.890. The van der Waals surface area contributed by atoms with E-state index in [1.54, 1.807) is 0 Å². The van der Waals surface area contributed by atoms with Gasteiger partial charge in [-0.25, -0.2) is 0 Å². The van der Waals surface area contributed by atoms with Crippen LogP contribution in [0.2, 0.25) is 0 Å². The first-order chi connectivity index (χ1) is 7.17. The number of likely N-dealkylation sites (N-methyl/N-ethyl adjacent to an activating group) is 1. The van der Waals surface area contributed by atoms with Crippen LogP contribution >= 0.6 is 12.6 Å². The summed E-state index contributed by atoms with van der Waals surface area (Å²) in [7, 11) is 2.08. The molecular formula is C13H19NS. The molecule has 0 aromatic heterocycles. The molecule has 82 valence electrons. The maximum absolute atomic E-state index is 4.21. The van der Waals surface area contributed by atoms with Crippen molar-refractivity contribution >= 4 is 18.3 Å². The molecule has 0 fully saturated rings. The van der Waals surface area contributed by atoms with Crippen LogP contribution < -0.4 is 4.90 Å². The summed E-state index contributed by atoms with van der Waals surface area (Å²) in [6.45, 7) is 6.99. The van der Waals surface area contributed by atoms with Gasteiger partial charge in [-0.3, -0.25) is 0 Å². The van der Waals surface area contributed by atoms with E-state index in [0.29, 0.717) is 0 Å². The molecule has 0 radical (unpaired) electrons. The molecule has 0 N–H and O–H groups in total. The molecule has 0 heterocycles. The van der Waals surface area contributed by atoms with Crippen molar-refractivity contribution in [3.63, 3.8) is 0 Å². The van der Waals surface area contributed by atoms with Crippen molar-refractivity contribution in [1.29, 1.82) is 0 Å². The van der Waals surface area contributed by atoms with Crippen molar-refractivity contribution in [2.75, 3.05) is 24.2 Å².